The first-order chi connectivity index (χ1) is 13.8. The molecule has 0 aliphatic rings. The van der Waals surface area contributed by atoms with Crippen molar-refractivity contribution in [2.75, 3.05) is 20.3 Å². The highest BCUT2D eigenvalue weighted by atomic mass is 16.9. The van der Waals surface area contributed by atoms with Gasteiger partial charge in [0.2, 0.25) is 11.8 Å². The zero-order chi connectivity index (χ0) is 22.1. The van der Waals surface area contributed by atoms with Gasteiger partial charge in [-0.25, -0.2) is 9.78 Å². The minimum atomic E-state index is -0.848. The summed E-state index contributed by atoms with van der Waals surface area (Å²) in [4.78, 5) is 54.8. The molecule has 1 rings (SSSR count). The standard InChI is InChI=1S/C13H23N3O7.C4H6N2/c1-10(13(19)22-2)15-12(18)7-8-14-11(17)6-4-3-5-9-23-16(20)21;1-4-2-5-3-6-4/h10H,3-9H2,1-2H3,(H,14,17)(H,15,18);2-3H,1H3,(H,5,6). The number of aromatic amines is 1. The number of aryl methyl sites for hydroxylation is 1. The van der Waals surface area contributed by atoms with Gasteiger partial charge in [0.1, 0.15) is 6.04 Å². The molecule has 12 nitrogen and oxygen atoms in total. The number of esters is 1. The summed E-state index contributed by atoms with van der Waals surface area (Å²) in [6.07, 6.45) is 5.50. The molecule has 0 aliphatic carbocycles. The maximum absolute atomic E-state index is 11.5. The van der Waals surface area contributed by atoms with Crippen molar-refractivity contribution in [2.45, 2.75) is 52.0 Å². The van der Waals surface area contributed by atoms with Crippen LogP contribution in [0.15, 0.2) is 12.5 Å². The smallest absolute Gasteiger partial charge is 0.328 e. The van der Waals surface area contributed by atoms with Crippen molar-refractivity contribution in [1.29, 1.82) is 0 Å². The Balaban J connectivity index is 0.00000110. The topological polar surface area (TPSA) is 166 Å². The quantitative estimate of drug-likeness (QED) is 0.194. The van der Waals surface area contributed by atoms with Gasteiger partial charge in [0.15, 0.2) is 0 Å². The summed E-state index contributed by atoms with van der Waals surface area (Å²) in [7, 11) is 1.23. The van der Waals surface area contributed by atoms with E-state index in [0.717, 1.165) is 5.69 Å². The fourth-order valence-electron chi connectivity index (χ4n) is 1.98. The molecule has 1 aromatic heterocycles. The number of rotatable bonds is 12. The molecular weight excluding hydrogens is 386 g/mol. The van der Waals surface area contributed by atoms with E-state index >= 15 is 0 Å². The molecule has 0 fully saturated rings. The lowest BCUT2D eigenvalue weighted by Gasteiger charge is -2.11. The number of nitrogens with one attached hydrogen (secondary N) is 3. The van der Waals surface area contributed by atoms with E-state index in [1.54, 1.807) is 12.5 Å². The molecular formula is C17H29N5O7. The predicted molar refractivity (Wildman–Crippen MR) is 102 cm³/mol. The number of H-pyrrole nitrogens is 1. The van der Waals surface area contributed by atoms with E-state index in [1.165, 1.54) is 14.0 Å². The van der Waals surface area contributed by atoms with Gasteiger partial charge >= 0.3 is 5.97 Å². The van der Waals surface area contributed by atoms with Crippen LogP contribution in [0.2, 0.25) is 0 Å². The number of carbonyl (C=O) groups excluding carboxylic acids is 3. The number of hydrogen-bond acceptors (Lipinski definition) is 8. The molecule has 3 N–H and O–H groups in total. The van der Waals surface area contributed by atoms with E-state index in [-0.39, 0.29) is 37.8 Å². The molecule has 0 radical (unpaired) electrons. The molecule has 29 heavy (non-hydrogen) atoms. The third-order valence-electron chi connectivity index (χ3n) is 3.49. The van der Waals surface area contributed by atoms with Gasteiger partial charge in [-0.15, -0.1) is 10.1 Å². The van der Waals surface area contributed by atoms with Gasteiger partial charge in [-0.3, -0.25) is 9.59 Å². The van der Waals surface area contributed by atoms with E-state index in [2.05, 4.69) is 30.2 Å². The number of nitrogens with zero attached hydrogens (tertiary/aromatic N) is 2. The lowest BCUT2D eigenvalue weighted by molar-refractivity contribution is -0.757. The summed E-state index contributed by atoms with van der Waals surface area (Å²) in [5.74, 6) is -1.10. The molecule has 0 aromatic carbocycles. The SMILES string of the molecule is COC(=O)C(C)NC(=O)CCNC(=O)CCCCCO[N+](=O)[O-].Cc1cnc[nH]1. The average Bonchev–Trinajstić information content (AvgIpc) is 3.15. The Morgan fingerprint density at radius 1 is 1.24 bits per heavy atom. The molecule has 0 spiro atoms. The van der Waals surface area contributed by atoms with Crippen LogP contribution < -0.4 is 10.6 Å². The van der Waals surface area contributed by atoms with Gasteiger partial charge < -0.3 is 25.2 Å². The Morgan fingerprint density at radius 2 is 1.97 bits per heavy atom. The molecule has 0 saturated carbocycles. The number of hydrogen-bond donors (Lipinski definition) is 3. The number of methoxy groups -OCH3 is 1. The lowest BCUT2D eigenvalue weighted by Crippen LogP contribution is -2.40. The van der Waals surface area contributed by atoms with Gasteiger partial charge in [0.25, 0.3) is 5.09 Å². The zero-order valence-corrected chi connectivity index (χ0v) is 16.9. The molecule has 0 bridgehead atoms. The van der Waals surface area contributed by atoms with Crippen molar-refractivity contribution in [3.8, 4) is 0 Å². The molecule has 2 amide bonds. The van der Waals surface area contributed by atoms with Crippen molar-refractivity contribution in [3.63, 3.8) is 0 Å². The van der Waals surface area contributed by atoms with Crippen molar-refractivity contribution >= 4 is 17.8 Å². The van der Waals surface area contributed by atoms with E-state index in [9.17, 15) is 24.5 Å². The largest absolute Gasteiger partial charge is 0.467 e. The van der Waals surface area contributed by atoms with Gasteiger partial charge in [-0.1, -0.05) is 6.42 Å². The molecule has 1 aromatic rings. The van der Waals surface area contributed by atoms with Crippen molar-refractivity contribution < 1.29 is 29.0 Å². The normalized spacial score (nSPS) is 10.7. The summed E-state index contributed by atoms with van der Waals surface area (Å²) in [5, 5.41) is 14.1. The van der Waals surface area contributed by atoms with Gasteiger partial charge in [0, 0.05) is 31.3 Å². The summed E-state index contributed by atoms with van der Waals surface area (Å²) >= 11 is 0. The highest BCUT2D eigenvalue weighted by Gasteiger charge is 2.15. The highest BCUT2D eigenvalue weighted by molar-refractivity contribution is 5.84. The Bertz CT molecular complexity index is 622. The first-order valence-corrected chi connectivity index (χ1v) is 9.12. The number of unbranched alkanes of at least 4 members (excludes halogenated alkanes) is 2. The van der Waals surface area contributed by atoms with Crippen molar-refractivity contribution in [3.05, 3.63) is 28.3 Å². The molecule has 12 heteroatoms. The van der Waals surface area contributed by atoms with Crippen molar-refractivity contribution in [1.82, 2.24) is 20.6 Å². The predicted octanol–water partition coefficient (Wildman–Crippen LogP) is 0.657. The van der Waals surface area contributed by atoms with Crippen LogP contribution in [-0.4, -0.2) is 59.1 Å². The van der Waals surface area contributed by atoms with E-state index in [1.807, 2.05) is 6.92 Å². The Morgan fingerprint density at radius 3 is 2.48 bits per heavy atom. The molecule has 0 aliphatic heterocycles. The van der Waals surface area contributed by atoms with Crippen LogP contribution in [0.3, 0.4) is 0 Å². The molecule has 1 atom stereocenters. The minimum absolute atomic E-state index is 0.0210. The summed E-state index contributed by atoms with van der Waals surface area (Å²) in [5.41, 5.74) is 1.11. The molecule has 1 unspecified atom stereocenters. The van der Waals surface area contributed by atoms with Gasteiger partial charge in [-0.05, 0) is 26.7 Å². The third kappa shape index (κ3) is 15.6. The maximum Gasteiger partial charge on any atom is 0.328 e. The van der Waals surface area contributed by atoms with E-state index in [4.69, 9.17) is 0 Å². The Labute approximate surface area is 168 Å². The zero-order valence-electron chi connectivity index (χ0n) is 16.9. The fourth-order valence-corrected chi connectivity index (χ4v) is 1.98. The van der Waals surface area contributed by atoms with Crippen LogP contribution in [0, 0.1) is 17.0 Å². The number of amides is 2. The molecule has 164 valence electrons. The van der Waals surface area contributed by atoms with Crippen LogP contribution in [0.1, 0.15) is 44.7 Å². The fraction of sp³-hybridized carbons (Fsp3) is 0.647. The van der Waals surface area contributed by atoms with E-state index in [0.29, 0.717) is 19.3 Å². The highest BCUT2D eigenvalue weighted by Crippen LogP contribution is 2.00. The average molecular weight is 415 g/mol. The number of imidazole rings is 1. The molecule has 1 heterocycles. The Kier molecular flexibility index (Phi) is 14.1. The van der Waals surface area contributed by atoms with Crippen LogP contribution in [0.4, 0.5) is 0 Å². The summed E-state index contributed by atoms with van der Waals surface area (Å²) in [6, 6.07) is -0.732. The Hall–Kier alpha value is -3.18. The second-order valence-corrected chi connectivity index (χ2v) is 6.01. The van der Waals surface area contributed by atoms with Gasteiger partial charge in [-0.2, -0.15) is 0 Å². The monoisotopic (exact) mass is 415 g/mol. The maximum atomic E-state index is 11.5. The second-order valence-electron chi connectivity index (χ2n) is 6.01. The van der Waals surface area contributed by atoms with Crippen LogP contribution in [-0.2, 0) is 24.0 Å². The number of carbonyl (C=O) groups is 3. The first kappa shape index (κ1) is 25.8. The van der Waals surface area contributed by atoms with Crippen LogP contribution in [0.25, 0.3) is 0 Å². The van der Waals surface area contributed by atoms with Crippen LogP contribution in [0.5, 0.6) is 0 Å². The molecule has 0 saturated heterocycles. The second kappa shape index (κ2) is 15.8. The third-order valence-corrected chi connectivity index (χ3v) is 3.49. The summed E-state index contributed by atoms with van der Waals surface area (Å²) in [6.45, 7) is 3.66. The lowest BCUT2D eigenvalue weighted by atomic mass is 10.2. The van der Waals surface area contributed by atoms with E-state index < -0.39 is 17.1 Å². The van der Waals surface area contributed by atoms with Gasteiger partial charge in [0.05, 0.1) is 20.0 Å². The van der Waals surface area contributed by atoms with Crippen molar-refractivity contribution in [2.24, 2.45) is 0 Å². The minimum Gasteiger partial charge on any atom is -0.467 e. The number of aromatic nitrogens is 2. The summed E-state index contributed by atoms with van der Waals surface area (Å²) < 4.78 is 4.47. The van der Waals surface area contributed by atoms with Crippen LogP contribution >= 0.6 is 0 Å². The number of ether oxygens (including phenoxy) is 1. The first-order valence-electron chi connectivity index (χ1n) is 9.12.